The van der Waals surface area contributed by atoms with Crippen LogP contribution in [-0.2, 0) is 11.8 Å². The van der Waals surface area contributed by atoms with Crippen molar-refractivity contribution in [1.29, 1.82) is 0 Å². The first-order valence-corrected chi connectivity index (χ1v) is 7.79. The Morgan fingerprint density at radius 2 is 2.30 bits per heavy atom. The third kappa shape index (κ3) is 1.81. The molecular weight excluding hydrogens is 246 g/mol. The molecule has 1 unspecified atom stereocenters. The third-order valence-corrected chi connectivity index (χ3v) is 5.82. The standard InChI is InChI=1S/C18H25NO/c1-4-9-19-10-8-18(5-2)13(3)17(19)11-14-6-7-15(20)12-16(14)18/h4,6-7,12-13,17,20H,1,5,8-11H2,2-3H3/t13-,17?,18-/m0/s1. The van der Waals surface area contributed by atoms with Gasteiger partial charge in [0.1, 0.15) is 5.75 Å². The van der Waals surface area contributed by atoms with E-state index in [0.29, 0.717) is 17.7 Å². The minimum Gasteiger partial charge on any atom is -0.508 e. The lowest BCUT2D eigenvalue weighted by molar-refractivity contribution is 0.0285. The van der Waals surface area contributed by atoms with Crippen LogP contribution >= 0.6 is 0 Å². The van der Waals surface area contributed by atoms with Gasteiger partial charge in [-0.3, -0.25) is 4.90 Å². The lowest BCUT2D eigenvalue weighted by atomic mass is 9.57. The topological polar surface area (TPSA) is 23.5 Å². The van der Waals surface area contributed by atoms with E-state index in [1.807, 2.05) is 18.2 Å². The van der Waals surface area contributed by atoms with E-state index in [2.05, 4.69) is 31.4 Å². The van der Waals surface area contributed by atoms with Gasteiger partial charge in [0.2, 0.25) is 0 Å². The predicted molar refractivity (Wildman–Crippen MR) is 83.1 cm³/mol. The molecule has 1 aliphatic heterocycles. The largest absolute Gasteiger partial charge is 0.508 e. The van der Waals surface area contributed by atoms with Gasteiger partial charge >= 0.3 is 0 Å². The van der Waals surface area contributed by atoms with E-state index < -0.39 is 0 Å². The quantitative estimate of drug-likeness (QED) is 0.851. The Bertz CT molecular complexity index is 524. The number of phenols is 1. The van der Waals surface area contributed by atoms with Gasteiger partial charge in [0.05, 0.1) is 0 Å². The van der Waals surface area contributed by atoms with Gasteiger partial charge in [-0.1, -0.05) is 26.0 Å². The molecule has 1 saturated heterocycles. The Morgan fingerprint density at radius 3 is 3.00 bits per heavy atom. The summed E-state index contributed by atoms with van der Waals surface area (Å²) in [7, 11) is 0. The summed E-state index contributed by atoms with van der Waals surface area (Å²) in [6.45, 7) is 10.7. The summed E-state index contributed by atoms with van der Waals surface area (Å²) in [5.41, 5.74) is 3.08. The van der Waals surface area contributed by atoms with Crippen LogP contribution in [0, 0.1) is 5.92 Å². The van der Waals surface area contributed by atoms with Crippen LogP contribution in [0.25, 0.3) is 0 Å². The molecule has 1 fully saturated rings. The molecule has 1 aliphatic carbocycles. The van der Waals surface area contributed by atoms with Crippen LogP contribution in [0.1, 0.15) is 37.8 Å². The molecule has 0 amide bonds. The average molecular weight is 271 g/mol. The smallest absolute Gasteiger partial charge is 0.115 e. The Hall–Kier alpha value is -1.28. The summed E-state index contributed by atoms with van der Waals surface area (Å²) < 4.78 is 0. The molecule has 1 aromatic rings. The first-order chi connectivity index (χ1) is 9.62. The maximum atomic E-state index is 9.89. The highest BCUT2D eigenvalue weighted by molar-refractivity contribution is 5.44. The second-order valence-corrected chi connectivity index (χ2v) is 6.44. The number of benzene rings is 1. The van der Waals surface area contributed by atoms with Gasteiger partial charge in [-0.05, 0) is 55.0 Å². The van der Waals surface area contributed by atoms with E-state index >= 15 is 0 Å². The molecule has 2 nitrogen and oxygen atoms in total. The lowest BCUT2D eigenvalue weighted by Crippen LogP contribution is -2.58. The predicted octanol–water partition coefficient (Wildman–Crippen LogP) is 3.49. The van der Waals surface area contributed by atoms with Crippen molar-refractivity contribution in [3.05, 3.63) is 42.0 Å². The SMILES string of the molecule is C=CCN1CC[C@]2(CC)c3cc(O)ccc3CC1[C@@H]2C. The van der Waals surface area contributed by atoms with Crippen LogP contribution in [0.2, 0.25) is 0 Å². The number of nitrogens with zero attached hydrogens (tertiary/aromatic N) is 1. The molecule has 0 radical (unpaired) electrons. The fourth-order valence-corrected chi connectivity index (χ4v) is 4.62. The van der Waals surface area contributed by atoms with Gasteiger partial charge in [-0.15, -0.1) is 6.58 Å². The summed E-state index contributed by atoms with van der Waals surface area (Å²) >= 11 is 0. The summed E-state index contributed by atoms with van der Waals surface area (Å²) in [5.74, 6) is 1.05. The molecule has 3 atom stereocenters. The highest BCUT2D eigenvalue weighted by Crippen LogP contribution is 2.51. The van der Waals surface area contributed by atoms with Crippen molar-refractivity contribution in [2.45, 2.75) is 44.6 Å². The molecule has 1 heterocycles. The molecule has 3 rings (SSSR count). The van der Waals surface area contributed by atoms with E-state index in [9.17, 15) is 5.11 Å². The van der Waals surface area contributed by atoms with Crippen molar-refractivity contribution in [3.63, 3.8) is 0 Å². The zero-order valence-electron chi connectivity index (χ0n) is 12.6. The van der Waals surface area contributed by atoms with E-state index in [0.717, 1.165) is 25.9 Å². The molecule has 2 heteroatoms. The fourth-order valence-electron chi connectivity index (χ4n) is 4.62. The normalized spacial score (nSPS) is 32.7. The number of likely N-dealkylation sites (tertiary alicyclic amines) is 1. The third-order valence-electron chi connectivity index (χ3n) is 5.82. The van der Waals surface area contributed by atoms with E-state index in [1.165, 1.54) is 17.5 Å². The van der Waals surface area contributed by atoms with Crippen LogP contribution < -0.4 is 0 Å². The zero-order chi connectivity index (χ0) is 14.3. The molecule has 0 aromatic heterocycles. The fraction of sp³-hybridized carbons (Fsp3) is 0.556. The van der Waals surface area contributed by atoms with Crippen LogP contribution in [0.5, 0.6) is 5.75 Å². The molecule has 0 spiro atoms. The summed E-state index contributed by atoms with van der Waals surface area (Å²) in [5, 5.41) is 9.89. The molecule has 108 valence electrons. The van der Waals surface area contributed by atoms with Gasteiger partial charge in [0, 0.05) is 18.0 Å². The maximum absolute atomic E-state index is 9.89. The summed E-state index contributed by atoms with van der Waals surface area (Å²) in [6, 6.07) is 6.60. The van der Waals surface area contributed by atoms with Crippen molar-refractivity contribution in [1.82, 2.24) is 4.90 Å². The molecule has 1 aromatic carbocycles. The molecular formula is C18H25NO. The number of rotatable bonds is 3. The number of phenolic OH excluding ortho intramolecular Hbond substituents is 1. The Balaban J connectivity index is 2.09. The minimum absolute atomic E-state index is 0.245. The number of fused-ring (bicyclic) bond motifs is 4. The first kappa shape index (κ1) is 13.7. The highest BCUT2D eigenvalue weighted by Gasteiger charge is 2.49. The van der Waals surface area contributed by atoms with Crippen molar-refractivity contribution in [3.8, 4) is 5.75 Å². The molecule has 0 saturated carbocycles. The number of hydrogen-bond donors (Lipinski definition) is 1. The van der Waals surface area contributed by atoms with Crippen molar-refractivity contribution < 1.29 is 5.11 Å². The average Bonchev–Trinajstić information content (AvgIpc) is 2.44. The molecule has 1 N–H and O–H groups in total. The van der Waals surface area contributed by atoms with Crippen molar-refractivity contribution in [2.24, 2.45) is 5.92 Å². The number of piperidine rings is 1. The van der Waals surface area contributed by atoms with Gasteiger partial charge in [-0.25, -0.2) is 0 Å². The van der Waals surface area contributed by atoms with E-state index in [-0.39, 0.29) is 5.41 Å². The van der Waals surface area contributed by atoms with Crippen LogP contribution in [0.15, 0.2) is 30.9 Å². The van der Waals surface area contributed by atoms with Gasteiger partial charge in [-0.2, -0.15) is 0 Å². The summed E-state index contributed by atoms with van der Waals surface area (Å²) in [6.07, 6.45) is 5.47. The molecule has 2 aliphatic rings. The van der Waals surface area contributed by atoms with Gasteiger partial charge < -0.3 is 5.11 Å². The van der Waals surface area contributed by atoms with Gasteiger partial charge in [0.25, 0.3) is 0 Å². The van der Waals surface area contributed by atoms with Crippen LogP contribution in [-0.4, -0.2) is 29.1 Å². The summed E-state index contributed by atoms with van der Waals surface area (Å²) in [4.78, 5) is 2.58. The highest BCUT2D eigenvalue weighted by atomic mass is 16.3. The zero-order valence-corrected chi connectivity index (χ0v) is 12.6. The Labute approximate surface area is 122 Å². The van der Waals surface area contributed by atoms with E-state index in [4.69, 9.17) is 0 Å². The second kappa shape index (κ2) is 4.92. The Morgan fingerprint density at radius 1 is 1.50 bits per heavy atom. The van der Waals surface area contributed by atoms with E-state index in [1.54, 1.807) is 0 Å². The second-order valence-electron chi connectivity index (χ2n) is 6.44. The van der Waals surface area contributed by atoms with Crippen molar-refractivity contribution >= 4 is 0 Å². The maximum Gasteiger partial charge on any atom is 0.115 e. The monoisotopic (exact) mass is 271 g/mol. The van der Waals surface area contributed by atoms with Crippen LogP contribution in [0.3, 0.4) is 0 Å². The molecule has 20 heavy (non-hydrogen) atoms. The molecule has 2 bridgehead atoms. The van der Waals surface area contributed by atoms with Gasteiger partial charge in [0.15, 0.2) is 0 Å². The lowest BCUT2D eigenvalue weighted by Gasteiger charge is -2.55. The number of hydrogen-bond acceptors (Lipinski definition) is 2. The van der Waals surface area contributed by atoms with Crippen molar-refractivity contribution in [2.75, 3.05) is 13.1 Å². The first-order valence-electron chi connectivity index (χ1n) is 7.79. The Kier molecular flexibility index (Phi) is 3.37. The number of aromatic hydroxyl groups is 1. The van der Waals surface area contributed by atoms with Crippen LogP contribution in [0.4, 0.5) is 0 Å². The minimum atomic E-state index is 0.245.